The average Bonchev–Trinajstić information content (AvgIpc) is 3.14. The van der Waals surface area contributed by atoms with E-state index in [9.17, 15) is 0 Å². The summed E-state index contributed by atoms with van der Waals surface area (Å²) in [7, 11) is 0. The third kappa shape index (κ3) is 2.11. The summed E-state index contributed by atoms with van der Waals surface area (Å²) in [6.07, 6.45) is 2.49. The molecule has 3 heteroatoms. The Bertz CT molecular complexity index is 648. The van der Waals surface area contributed by atoms with Crippen molar-refractivity contribution < 1.29 is 0 Å². The summed E-state index contributed by atoms with van der Waals surface area (Å²) in [4.78, 5) is 4.89. The van der Waals surface area contributed by atoms with Crippen molar-refractivity contribution >= 4 is 5.82 Å². The highest BCUT2D eigenvalue weighted by Gasteiger charge is 2.31. The number of rotatable bonds is 3. The molecule has 0 atom stereocenters. The number of nitrogens with zero attached hydrogens (tertiary/aromatic N) is 2. The van der Waals surface area contributed by atoms with E-state index in [1.165, 1.54) is 29.8 Å². The lowest BCUT2D eigenvalue weighted by atomic mass is 10.0. The third-order valence-electron chi connectivity index (χ3n) is 4.07. The minimum Gasteiger partial charge on any atom is -0.383 e. The zero-order valence-corrected chi connectivity index (χ0v) is 12.8. The van der Waals surface area contributed by atoms with Gasteiger partial charge in [0.15, 0.2) is 0 Å². The van der Waals surface area contributed by atoms with Crippen LogP contribution in [0.5, 0.6) is 0 Å². The summed E-state index contributed by atoms with van der Waals surface area (Å²) in [5.41, 5.74) is 11.0. The molecule has 1 aliphatic rings. The maximum Gasteiger partial charge on any atom is 0.131 e. The minimum absolute atomic E-state index is 0.359. The monoisotopic (exact) mass is 269 g/mol. The lowest BCUT2D eigenvalue weighted by Gasteiger charge is -2.13. The number of anilines is 1. The molecule has 2 N–H and O–H groups in total. The van der Waals surface area contributed by atoms with Crippen LogP contribution in [0.15, 0.2) is 18.2 Å². The maximum absolute atomic E-state index is 6.41. The fourth-order valence-electron chi connectivity index (χ4n) is 2.91. The first kappa shape index (κ1) is 13.2. The highest BCUT2D eigenvalue weighted by Crippen LogP contribution is 2.43. The second-order valence-electron chi connectivity index (χ2n) is 6.26. The molecule has 1 saturated carbocycles. The number of aryl methyl sites for hydroxylation is 2. The van der Waals surface area contributed by atoms with Crippen molar-refractivity contribution in [3.8, 4) is 11.3 Å². The summed E-state index contributed by atoms with van der Waals surface area (Å²) < 4.78 is 2.21. The van der Waals surface area contributed by atoms with Gasteiger partial charge >= 0.3 is 0 Å². The van der Waals surface area contributed by atoms with Crippen molar-refractivity contribution in [3.05, 3.63) is 35.2 Å². The first-order chi connectivity index (χ1) is 9.49. The Hall–Kier alpha value is -1.77. The second-order valence-corrected chi connectivity index (χ2v) is 6.26. The van der Waals surface area contributed by atoms with Crippen LogP contribution >= 0.6 is 0 Å². The van der Waals surface area contributed by atoms with Gasteiger partial charge in [0, 0.05) is 17.5 Å². The van der Waals surface area contributed by atoms with Crippen LogP contribution in [0.1, 0.15) is 55.6 Å². The highest BCUT2D eigenvalue weighted by molar-refractivity contribution is 5.74. The predicted molar refractivity (Wildman–Crippen MR) is 83.9 cm³/mol. The van der Waals surface area contributed by atoms with E-state index in [1.54, 1.807) is 0 Å². The van der Waals surface area contributed by atoms with Crippen LogP contribution in [-0.2, 0) is 0 Å². The van der Waals surface area contributed by atoms with E-state index in [4.69, 9.17) is 10.7 Å². The largest absolute Gasteiger partial charge is 0.383 e. The molecule has 20 heavy (non-hydrogen) atoms. The molecule has 2 aromatic rings. The average molecular weight is 269 g/mol. The van der Waals surface area contributed by atoms with E-state index in [0.29, 0.717) is 12.0 Å². The van der Waals surface area contributed by atoms with Crippen LogP contribution in [0.25, 0.3) is 11.3 Å². The zero-order valence-electron chi connectivity index (χ0n) is 12.8. The number of nitrogen functional groups attached to an aromatic ring is 1. The molecule has 0 bridgehead atoms. The van der Waals surface area contributed by atoms with Crippen LogP contribution in [-0.4, -0.2) is 9.55 Å². The van der Waals surface area contributed by atoms with E-state index in [2.05, 4.69) is 50.5 Å². The van der Waals surface area contributed by atoms with Crippen LogP contribution in [0.2, 0.25) is 0 Å². The summed E-state index contributed by atoms with van der Waals surface area (Å²) >= 11 is 0. The number of hydrogen-bond donors (Lipinski definition) is 1. The molecule has 1 aromatic heterocycles. The fraction of sp³-hybridized carbons (Fsp3) is 0.471. The Morgan fingerprint density at radius 3 is 2.50 bits per heavy atom. The smallest absolute Gasteiger partial charge is 0.131 e. The molecule has 1 aliphatic carbocycles. The van der Waals surface area contributed by atoms with Gasteiger partial charge in [-0.25, -0.2) is 4.98 Å². The summed E-state index contributed by atoms with van der Waals surface area (Å²) in [5.74, 6) is 2.60. The molecule has 3 rings (SSSR count). The molecule has 0 unspecified atom stereocenters. The summed E-state index contributed by atoms with van der Waals surface area (Å²) in [6, 6.07) is 6.83. The lowest BCUT2D eigenvalue weighted by Crippen LogP contribution is -2.09. The maximum atomic E-state index is 6.41. The van der Waals surface area contributed by atoms with Gasteiger partial charge in [-0.05, 0) is 46.1 Å². The van der Waals surface area contributed by atoms with E-state index in [-0.39, 0.29) is 0 Å². The van der Waals surface area contributed by atoms with Gasteiger partial charge in [-0.3, -0.25) is 0 Å². The number of imidazole rings is 1. The predicted octanol–water partition coefficient (Wildman–Crippen LogP) is 4.21. The van der Waals surface area contributed by atoms with Crippen molar-refractivity contribution in [1.82, 2.24) is 9.55 Å². The van der Waals surface area contributed by atoms with Crippen LogP contribution in [0.4, 0.5) is 5.82 Å². The van der Waals surface area contributed by atoms with Crippen LogP contribution in [0.3, 0.4) is 0 Å². The second kappa shape index (κ2) is 4.65. The van der Waals surface area contributed by atoms with Gasteiger partial charge in [0.25, 0.3) is 0 Å². The van der Waals surface area contributed by atoms with E-state index in [0.717, 1.165) is 17.1 Å². The molecule has 0 radical (unpaired) electrons. The van der Waals surface area contributed by atoms with Crippen LogP contribution in [0, 0.1) is 13.8 Å². The minimum atomic E-state index is 0.359. The van der Waals surface area contributed by atoms with Gasteiger partial charge in [-0.15, -0.1) is 0 Å². The van der Waals surface area contributed by atoms with Crippen molar-refractivity contribution in [2.45, 2.75) is 52.5 Å². The molecular weight excluding hydrogens is 246 g/mol. The molecule has 1 fully saturated rings. The summed E-state index contributed by atoms with van der Waals surface area (Å²) in [5, 5.41) is 0. The van der Waals surface area contributed by atoms with Crippen molar-refractivity contribution in [3.63, 3.8) is 0 Å². The van der Waals surface area contributed by atoms with Crippen molar-refractivity contribution in [1.29, 1.82) is 0 Å². The Labute approximate surface area is 120 Å². The molecule has 3 nitrogen and oxygen atoms in total. The molecule has 0 saturated heterocycles. The molecule has 106 valence electrons. The highest BCUT2D eigenvalue weighted by atomic mass is 15.2. The van der Waals surface area contributed by atoms with E-state index < -0.39 is 0 Å². The molecule has 1 heterocycles. The lowest BCUT2D eigenvalue weighted by molar-refractivity contribution is 0.576. The number of aromatic nitrogens is 2. The van der Waals surface area contributed by atoms with Gasteiger partial charge in [-0.2, -0.15) is 0 Å². The van der Waals surface area contributed by atoms with Gasteiger partial charge < -0.3 is 10.3 Å². The fourth-order valence-corrected chi connectivity index (χ4v) is 2.91. The number of nitrogens with two attached hydrogens (primary N) is 1. The SMILES string of the molecule is Cc1ccc(-c2nc(C3CC3)n(C(C)C)c2N)c(C)c1. The Morgan fingerprint density at radius 1 is 1.25 bits per heavy atom. The van der Waals surface area contributed by atoms with Crippen molar-refractivity contribution in [2.75, 3.05) is 5.73 Å². The number of benzene rings is 1. The van der Waals surface area contributed by atoms with E-state index >= 15 is 0 Å². The topological polar surface area (TPSA) is 43.8 Å². The zero-order chi connectivity index (χ0) is 14.4. The molecule has 0 aliphatic heterocycles. The van der Waals surface area contributed by atoms with Gasteiger partial charge in [0.2, 0.25) is 0 Å². The van der Waals surface area contributed by atoms with Crippen molar-refractivity contribution in [2.24, 2.45) is 0 Å². The number of hydrogen-bond acceptors (Lipinski definition) is 2. The standard InChI is InChI=1S/C17H23N3/c1-10(2)20-16(18)15(19-17(20)13-6-7-13)14-8-5-11(3)9-12(14)4/h5,8-10,13H,6-7,18H2,1-4H3. The first-order valence-electron chi connectivity index (χ1n) is 7.44. The van der Waals surface area contributed by atoms with Gasteiger partial charge in [0.05, 0.1) is 0 Å². The third-order valence-corrected chi connectivity index (χ3v) is 4.07. The Morgan fingerprint density at radius 2 is 1.95 bits per heavy atom. The van der Waals surface area contributed by atoms with E-state index in [1.807, 2.05) is 0 Å². The molecular formula is C17H23N3. The molecule has 0 spiro atoms. The Balaban J connectivity index is 2.16. The normalized spacial score (nSPS) is 15.1. The molecule has 0 amide bonds. The summed E-state index contributed by atoms with van der Waals surface area (Å²) in [6.45, 7) is 8.60. The quantitative estimate of drug-likeness (QED) is 0.907. The Kier molecular flexibility index (Phi) is 3.08. The molecule has 1 aromatic carbocycles. The first-order valence-corrected chi connectivity index (χ1v) is 7.44. The van der Waals surface area contributed by atoms with Gasteiger partial charge in [-0.1, -0.05) is 23.8 Å². The van der Waals surface area contributed by atoms with Crippen LogP contribution < -0.4 is 5.73 Å². The van der Waals surface area contributed by atoms with Gasteiger partial charge in [0.1, 0.15) is 17.3 Å².